The Kier molecular flexibility index (Phi) is 3.34. The van der Waals surface area contributed by atoms with Gasteiger partial charge in [-0.3, -0.25) is 0 Å². The van der Waals surface area contributed by atoms with Gasteiger partial charge in [-0.05, 0) is 51.9 Å². The molecule has 0 atom stereocenters. The summed E-state index contributed by atoms with van der Waals surface area (Å²) in [5, 5.41) is 0. The highest BCUT2D eigenvalue weighted by Gasteiger charge is 2.31. The largest absolute Gasteiger partial charge is 0.573 e. The van der Waals surface area contributed by atoms with Crippen LogP contribution in [0, 0.1) is 0 Å². The van der Waals surface area contributed by atoms with Gasteiger partial charge in [-0.25, -0.2) is 0 Å². The lowest BCUT2D eigenvalue weighted by Gasteiger charge is -2.12. The van der Waals surface area contributed by atoms with Crippen LogP contribution in [0.1, 0.15) is 11.1 Å². The zero-order valence-electron chi connectivity index (χ0n) is 12.6. The maximum absolute atomic E-state index is 12.5. The number of rotatable bonds is 2. The van der Waals surface area contributed by atoms with Crippen LogP contribution >= 0.6 is 0 Å². The van der Waals surface area contributed by atoms with Crippen molar-refractivity contribution in [2.45, 2.75) is 12.8 Å². The highest BCUT2D eigenvalue weighted by Crippen LogP contribution is 2.42. The molecule has 24 heavy (non-hydrogen) atoms. The van der Waals surface area contributed by atoms with Crippen molar-refractivity contribution < 1.29 is 17.9 Å². The summed E-state index contributed by atoms with van der Waals surface area (Å²) < 4.78 is 41.4. The monoisotopic (exact) mass is 326 g/mol. The van der Waals surface area contributed by atoms with Crippen LogP contribution in [0.25, 0.3) is 22.3 Å². The molecule has 0 radical (unpaired) electrons. The fraction of sp³-hybridized carbons (Fsp3) is 0.100. The van der Waals surface area contributed by atoms with Gasteiger partial charge in [0.2, 0.25) is 0 Å². The fourth-order valence-corrected chi connectivity index (χ4v) is 3.29. The van der Waals surface area contributed by atoms with E-state index in [1.807, 2.05) is 30.3 Å². The van der Waals surface area contributed by atoms with E-state index in [1.54, 1.807) is 6.07 Å². The van der Waals surface area contributed by atoms with E-state index >= 15 is 0 Å². The van der Waals surface area contributed by atoms with E-state index in [4.69, 9.17) is 0 Å². The molecule has 120 valence electrons. The molecule has 0 aliphatic heterocycles. The molecule has 0 fully saturated rings. The predicted octanol–water partition coefficient (Wildman–Crippen LogP) is 5.82. The van der Waals surface area contributed by atoms with Crippen LogP contribution in [-0.2, 0) is 6.42 Å². The normalized spacial score (nSPS) is 12.6. The third-order valence-corrected chi connectivity index (χ3v) is 4.23. The molecule has 0 heterocycles. The van der Waals surface area contributed by atoms with Crippen LogP contribution in [0.3, 0.4) is 0 Å². The Morgan fingerprint density at radius 3 is 2.29 bits per heavy atom. The second-order valence-electron chi connectivity index (χ2n) is 5.74. The molecule has 1 aliphatic rings. The summed E-state index contributed by atoms with van der Waals surface area (Å²) in [7, 11) is 0. The van der Waals surface area contributed by atoms with Gasteiger partial charge in [-0.1, -0.05) is 54.6 Å². The van der Waals surface area contributed by atoms with Crippen molar-refractivity contribution in [3.63, 3.8) is 0 Å². The molecule has 3 aromatic rings. The quantitative estimate of drug-likeness (QED) is 0.451. The highest BCUT2D eigenvalue weighted by atomic mass is 19.4. The van der Waals surface area contributed by atoms with E-state index in [-0.39, 0.29) is 5.75 Å². The number of halogens is 3. The average Bonchev–Trinajstić information content (AvgIpc) is 2.92. The smallest absolute Gasteiger partial charge is 0.406 e. The predicted molar refractivity (Wildman–Crippen MR) is 86.8 cm³/mol. The van der Waals surface area contributed by atoms with Gasteiger partial charge in [0, 0.05) is 0 Å². The van der Waals surface area contributed by atoms with E-state index < -0.39 is 6.36 Å². The molecule has 0 saturated heterocycles. The van der Waals surface area contributed by atoms with Gasteiger partial charge in [0.1, 0.15) is 5.75 Å². The minimum absolute atomic E-state index is 0.201. The lowest BCUT2D eigenvalue weighted by Crippen LogP contribution is -2.17. The number of ether oxygens (including phenoxy) is 1. The van der Waals surface area contributed by atoms with Gasteiger partial charge in [0.05, 0.1) is 0 Å². The summed E-state index contributed by atoms with van der Waals surface area (Å²) in [6.07, 6.45) is -3.90. The van der Waals surface area contributed by atoms with Crippen molar-refractivity contribution >= 4 is 0 Å². The molecule has 3 aromatic carbocycles. The van der Waals surface area contributed by atoms with Crippen molar-refractivity contribution in [1.29, 1.82) is 0 Å². The van der Waals surface area contributed by atoms with Gasteiger partial charge in [-0.2, -0.15) is 0 Å². The van der Waals surface area contributed by atoms with Gasteiger partial charge < -0.3 is 4.74 Å². The minimum Gasteiger partial charge on any atom is -0.406 e. The third kappa shape index (κ3) is 2.64. The number of fused-ring (bicyclic) bond motifs is 3. The first kappa shape index (κ1) is 14.8. The Balaban J connectivity index is 1.79. The van der Waals surface area contributed by atoms with E-state index in [2.05, 4.69) is 22.9 Å². The summed E-state index contributed by atoms with van der Waals surface area (Å²) in [5.41, 5.74) is 6.38. The molecular formula is C20H13F3O. The van der Waals surface area contributed by atoms with Crippen molar-refractivity contribution in [2.24, 2.45) is 0 Å². The van der Waals surface area contributed by atoms with Crippen molar-refractivity contribution in [2.75, 3.05) is 0 Å². The molecule has 4 rings (SSSR count). The number of hydrogen-bond donors (Lipinski definition) is 0. The summed E-state index contributed by atoms with van der Waals surface area (Å²) in [5.74, 6) is -0.201. The zero-order chi connectivity index (χ0) is 16.7. The Morgan fingerprint density at radius 2 is 1.46 bits per heavy atom. The molecule has 0 amide bonds. The molecule has 0 aromatic heterocycles. The van der Waals surface area contributed by atoms with Crippen molar-refractivity contribution in [3.05, 3.63) is 77.9 Å². The zero-order valence-corrected chi connectivity index (χ0v) is 12.6. The van der Waals surface area contributed by atoms with Crippen LogP contribution in [0.2, 0.25) is 0 Å². The molecule has 0 saturated carbocycles. The molecule has 1 nitrogen and oxygen atoms in total. The first-order valence-electron chi connectivity index (χ1n) is 7.58. The van der Waals surface area contributed by atoms with Gasteiger partial charge >= 0.3 is 6.36 Å². The van der Waals surface area contributed by atoms with E-state index in [0.717, 1.165) is 28.7 Å². The van der Waals surface area contributed by atoms with Gasteiger partial charge in [-0.15, -0.1) is 13.2 Å². The Labute approximate surface area is 137 Å². The van der Waals surface area contributed by atoms with Crippen molar-refractivity contribution in [3.8, 4) is 28.0 Å². The van der Waals surface area contributed by atoms with Gasteiger partial charge in [0.25, 0.3) is 0 Å². The van der Waals surface area contributed by atoms with E-state index in [0.29, 0.717) is 0 Å². The summed E-state index contributed by atoms with van der Waals surface area (Å²) in [4.78, 5) is 0. The lowest BCUT2D eigenvalue weighted by atomic mass is 9.96. The number of alkyl halides is 3. The summed E-state index contributed by atoms with van der Waals surface area (Å²) >= 11 is 0. The SMILES string of the molecule is FC(F)(F)Oc1cccc(-c2cccc3c2Cc2ccccc2-3)c1. The van der Waals surface area contributed by atoms with Crippen molar-refractivity contribution in [1.82, 2.24) is 0 Å². The first-order chi connectivity index (χ1) is 11.5. The Bertz CT molecular complexity index is 913. The molecule has 1 aliphatic carbocycles. The van der Waals surface area contributed by atoms with Crippen LogP contribution in [0.5, 0.6) is 5.75 Å². The molecule has 0 unspecified atom stereocenters. The second-order valence-corrected chi connectivity index (χ2v) is 5.74. The highest BCUT2D eigenvalue weighted by molar-refractivity contribution is 5.84. The second kappa shape index (κ2) is 5.41. The summed E-state index contributed by atoms with van der Waals surface area (Å²) in [6, 6.07) is 20.2. The third-order valence-electron chi connectivity index (χ3n) is 4.23. The fourth-order valence-electron chi connectivity index (χ4n) is 3.29. The molecule has 0 N–H and O–H groups in total. The van der Waals surface area contributed by atoms with E-state index in [9.17, 15) is 13.2 Å². The molecule has 0 spiro atoms. The number of benzene rings is 3. The first-order valence-corrected chi connectivity index (χ1v) is 7.58. The average molecular weight is 326 g/mol. The Morgan fingerprint density at radius 1 is 0.750 bits per heavy atom. The van der Waals surface area contributed by atoms with Gasteiger partial charge in [0.15, 0.2) is 0 Å². The standard InChI is InChI=1S/C20H13F3O/c21-20(22,23)24-15-7-3-6-13(11-15)17-9-4-10-18-16-8-2-1-5-14(16)12-19(17)18/h1-11H,12H2. The van der Waals surface area contributed by atoms with Crippen LogP contribution in [0.15, 0.2) is 66.7 Å². The topological polar surface area (TPSA) is 9.23 Å². The maximum Gasteiger partial charge on any atom is 0.573 e. The molecule has 0 bridgehead atoms. The Hall–Kier alpha value is -2.75. The maximum atomic E-state index is 12.5. The summed E-state index contributed by atoms with van der Waals surface area (Å²) in [6.45, 7) is 0. The van der Waals surface area contributed by atoms with Crippen LogP contribution < -0.4 is 4.74 Å². The number of hydrogen-bond acceptors (Lipinski definition) is 1. The van der Waals surface area contributed by atoms with Crippen LogP contribution in [-0.4, -0.2) is 6.36 Å². The lowest BCUT2D eigenvalue weighted by molar-refractivity contribution is -0.274. The molecule has 4 heteroatoms. The minimum atomic E-state index is -4.69. The van der Waals surface area contributed by atoms with Crippen LogP contribution in [0.4, 0.5) is 13.2 Å². The molecular weight excluding hydrogens is 313 g/mol. The van der Waals surface area contributed by atoms with E-state index in [1.165, 1.54) is 23.3 Å².